The third-order valence-corrected chi connectivity index (χ3v) is 2.36. The molecule has 0 bridgehead atoms. The summed E-state index contributed by atoms with van der Waals surface area (Å²) in [5.41, 5.74) is 4.45. The molecule has 1 aliphatic heterocycles. The van der Waals surface area contributed by atoms with Crippen LogP contribution in [0.15, 0.2) is 33.0 Å². The Kier molecular flexibility index (Phi) is 0.919. The van der Waals surface area contributed by atoms with Gasteiger partial charge in [0, 0.05) is 12.0 Å². The molecule has 0 unspecified atom stereocenters. The largest absolute Gasteiger partial charge is 0.274 e. The Labute approximate surface area is 73.1 Å². The average Bonchev–Trinajstić information content (AvgIpc) is 2.54. The Hall–Kier alpha value is -1.22. The molecule has 2 aliphatic carbocycles. The van der Waals surface area contributed by atoms with Gasteiger partial charge in [-0.3, -0.25) is 4.79 Å². The normalized spacial score (nSPS) is 22.9. The molecule has 3 aliphatic rings. The van der Waals surface area contributed by atoms with E-state index in [2.05, 4.69) is 10.2 Å². The monoisotopic (exact) mass is 178 g/mol. The van der Waals surface area contributed by atoms with E-state index >= 15 is 0 Å². The van der Waals surface area contributed by atoms with Crippen LogP contribution in [0.5, 0.6) is 0 Å². The van der Waals surface area contributed by atoms with Crippen molar-refractivity contribution in [2.45, 2.75) is 6.42 Å². The number of carbonyl (C=O) groups is 1. The van der Waals surface area contributed by atoms with Crippen molar-refractivity contribution in [2.24, 2.45) is 10.2 Å². The predicted octanol–water partition coefficient (Wildman–Crippen LogP) is 1.20. The highest BCUT2D eigenvalue weighted by atomic mass is 35.5. The van der Waals surface area contributed by atoms with Crippen LogP contribution in [0.25, 0.3) is 0 Å². The minimum Gasteiger partial charge on any atom is -0.274 e. The zero-order valence-corrected chi connectivity index (χ0v) is 6.72. The lowest BCUT2D eigenvalue weighted by molar-refractivity contribution is -0.106. The standard InChI is InChI=1S/C8H3ClN2O/c9-8(12)7-5-2-3-1-4(3)6(5)10-11-7/h2H,1H2. The fourth-order valence-electron chi connectivity index (χ4n) is 1.52. The molecule has 0 saturated heterocycles. The fraction of sp³-hybridized carbons (Fsp3) is 0.125. The molecule has 0 N–H and O–H groups in total. The van der Waals surface area contributed by atoms with Crippen LogP contribution in [0.4, 0.5) is 0 Å². The molecule has 0 aromatic heterocycles. The maximum atomic E-state index is 10.8. The summed E-state index contributed by atoms with van der Waals surface area (Å²) in [5.74, 6) is 0. The predicted molar refractivity (Wildman–Crippen MR) is 45.5 cm³/mol. The first-order valence-electron chi connectivity index (χ1n) is 3.57. The van der Waals surface area contributed by atoms with E-state index in [9.17, 15) is 4.79 Å². The number of rotatable bonds is 1. The highest BCUT2D eigenvalue weighted by Gasteiger charge is 2.39. The minimum atomic E-state index is -0.525. The second kappa shape index (κ2) is 1.75. The van der Waals surface area contributed by atoms with E-state index in [0.717, 1.165) is 17.7 Å². The van der Waals surface area contributed by atoms with Crippen LogP contribution in [0.3, 0.4) is 0 Å². The summed E-state index contributed by atoms with van der Waals surface area (Å²) < 4.78 is 0. The maximum absolute atomic E-state index is 10.8. The number of allylic oxidation sites excluding steroid dienone is 4. The minimum absolute atomic E-state index is 0.291. The third kappa shape index (κ3) is 0.599. The molecule has 1 heterocycles. The van der Waals surface area contributed by atoms with Crippen LogP contribution in [-0.4, -0.2) is 16.7 Å². The lowest BCUT2D eigenvalue weighted by atomic mass is 10.1. The summed E-state index contributed by atoms with van der Waals surface area (Å²) in [5, 5.41) is 7.09. The van der Waals surface area contributed by atoms with Gasteiger partial charge in [0.2, 0.25) is 0 Å². The molecule has 0 atom stereocenters. The smallest absolute Gasteiger partial charge is 0.273 e. The summed E-state index contributed by atoms with van der Waals surface area (Å²) in [7, 11) is 0. The lowest BCUT2D eigenvalue weighted by Crippen LogP contribution is -2.12. The second-order valence-electron chi connectivity index (χ2n) is 2.91. The Bertz CT molecular complexity index is 440. The van der Waals surface area contributed by atoms with Gasteiger partial charge in [0.05, 0.1) is 5.71 Å². The Morgan fingerprint density at radius 1 is 1.50 bits per heavy atom. The zero-order valence-electron chi connectivity index (χ0n) is 5.97. The maximum Gasteiger partial charge on any atom is 0.273 e. The van der Waals surface area contributed by atoms with E-state index < -0.39 is 5.24 Å². The molecule has 0 aromatic carbocycles. The Balaban J connectivity index is 2.09. The van der Waals surface area contributed by atoms with Gasteiger partial charge in [-0.15, -0.1) is 10.2 Å². The van der Waals surface area contributed by atoms with Crippen LogP contribution < -0.4 is 0 Å². The number of fused-ring (bicyclic) bond motifs is 2. The van der Waals surface area contributed by atoms with Crippen LogP contribution in [0, 0.1) is 0 Å². The quantitative estimate of drug-likeness (QED) is 0.557. The van der Waals surface area contributed by atoms with E-state index in [0.29, 0.717) is 5.71 Å². The topological polar surface area (TPSA) is 41.8 Å². The van der Waals surface area contributed by atoms with Crippen LogP contribution >= 0.6 is 11.6 Å². The number of halogens is 1. The van der Waals surface area contributed by atoms with Crippen LogP contribution in [0.1, 0.15) is 6.42 Å². The molecule has 3 nitrogen and oxygen atoms in total. The van der Waals surface area contributed by atoms with Crippen LogP contribution in [0.2, 0.25) is 0 Å². The zero-order chi connectivity index (χ0) is 8.29. The number of hydrogen-bond acceptors (Lipinski definition) is 3. The number of nitrogens with zero attached hydrogens (tertiary/aromatic N) is 2. The van der Waals surface area contributed by atoms with Crippen LogP contribution in [-0.2, 0) is 4.79 Å². The number of hydrogen-bond donors (Lipinski definition) is 0. The molecular weight excluding hydrogens is 176 g/mol. The van der Waals surface area contributed by atoms with Gasteiger partial charge in [0.1, 0.15) is 0 Å². The van der Waals surface area contributed by atoms with Crippen molar-refractivity contribution >= 4 is 28.3 Å². The van der Waals surface area contributed by atoms with Crippen molar-refractivity contribution in [3.05, 3.63) is 22.8 Å². The first kappa shape index (κ1) is 6.31. The molecule has 0 fully saturated rings. The molecule has 0 amide bonds. The number of carbonyl (C=O) groups excluding carboxylic acids is 1. The first-order valence-corrected chi connectivity index (χ1v) is 3.95. The fourth-order valence-corrected chi connectivity index (χ4v) is 1.66. The van der Waals surface area contributed by atoms with E-state index in [1.165, 1.54) is 11.1 Å². The summed E-state index contributed by atoms with van der Waals surface area (Å²) in [4.78, 5) is 10.8. The SMILES string of the molecule is O=C(Cl)C1=NN=C2C1=CC1=C2C1. The highest BCUT2D eigenvalue weighted by molar-refractivity contribution is 6.86. The van der Waals surface area contributed by atoms with Crippen molar-refractivity contribution in [2.75, 3.05) is 0 Å². The molecule has 12 heavy (non-hydrogen) atoms. The van der Waals surface area contributed by atoms with Gasteiger partial charge >= 0.3 is 0 Å². The summed E-state index contributed by atoms with van der Waals surface area (Å²) in [6.07, 6.45) is 2.95. The van der Waals surface area contributed by atoms with Gasteiger partial charge in [-0.1, -0.05) is 0 Å². The van der Waals surface area contributed by atoms with Gasteiger partial charge in [0.15, 0.2) is 5.71 Å². The second-order valence-corrected chi connectivity index (χ2v) is 3.25. The molecule has 0 spiro atoms. The molecule has 3 rings (SSSR count). The molecule has 0 saturated carbocycles. The van der Waals surface area contributed by atoms with E-state index in [4.69, 9.17) is 11.6 Å². The molecule has 4 heteroatoms. The van der Waals surface area contributed by atoms with Crippen molar-refractivity contribution in [1.82, 2.24) is 0 Å². The summed E-state index contributed by atoms with van der Waals surface area (Å²) >= 11 is 5.31. The molecular formula is C8H3ClN2O. The third-order valence-electron chi connectivity index (χ3n) is 2.18. The summed E-state index contributed by atoms with van der Waals surface area (Å²) in [6.45, 7) is 0. The first-order chi connectivity index (χ1) is 5.77. The van der Waals surface area contributed by atoms with Gasteiger partial charge in [-0.2, -0.15) is 0 Å². The van der Waals surface area contributed by atoms with E-state index in [1.54, 1.807) is 0 Å². The molecule has 0 aromatic rings. The van der Waals surface area contributed by atoms with Crippen molar-refractivity contribution in [3.63, 3.8) is 0 Å². The van der Waals surface area contributed by atoms with Crippen molar-refractivity contribution in [3.8, 4) is 0 Å². The van der Waals surface area contributed by atoms with E-state index in [1.807, 2.05) is 6.08 Å². The Morgan fingerprint density at radius 3 is 3.08 bits per heavy atom. The van der Waals surface area contributed by atoms with Gasteiger partial charge < -0.3 is 0 Å². The lowest BCUT2D eigenvalue weighted by Gasteiger charge is -1.96. The summed E-state index contributed by atoms with van der Waals surface area (Å²) in [6, 6.07) is 0. The Morgan fingerprint density at radius 2 is 2.33 bits per heavy atom. The average molecular weight is 179 g/mol. The van der Waals surface area contributed by atoms with Gasteiger partial charge in [0.25, 0.3) is 5.24 Å². The van der Waals surface area contributed by atoms with Gasteiger partial charge in [-0.05, 0) is 28.8 Å². The molecule has 58 valence electrons. The van der Waals surface area contributed by atoms with Crippen molar-refractivity contribution in [1.29, 1.82) is 0 Å². The van der Waals surface area contributed by atoms with Crippen molar-refractivity contribution < 1.29 is 4.79 Å². The highest BCUT2D eigenvalue weighted by Crippen LogP contribution is 2.43. The van der Waals surface area contributed by atoms with Gasteiger partial charge in [-0.25, -0.2) is 0 Å². The van der Waals surface area contributed by atoms with E-state index in [-0.39, 0.29) is 0 Å². The molecule has 0 radical (unpaired) electrons.